The molecule has 1 aliphatic carbocycles. The summed E-state index contributed by atoms with van der Waals surface area (Å²) in [6.45, 7) is 1.16. The molecule has 120 valence electrons. The zero-order valence-corrected chi connectivity index (χ0v) is 14.0. The molecule has 6 nitrogen and oxygen atoms in total. The number of piperazine rings is 1. The smallest absolute Gasteiger partial charge is 0.256 e. The first-order chi connectivity index (χ1) is 11.0. The van der Waals surface area contributed by atoms with Crippen molar-refractivity contribution in [3.8, 4) is 0 Å². The van der Waals surface area contributed by atoms with Gasteiger partial charge in [-0.2, -0.15) is 0 Å². The lowest BCUT2D eigenvalue weighted by Gasteiger charge is -2.39. The molecule has 2 fully saturated rings. The van der Waals surface area contributed by atoms with Crippen molar-refractivity contribution in [3.63, 3.8) is 0 Å². The topological polar surface area (TPSA) is 69.7 Å². The highest BCUT2D eigenvalue weighted by molar-refractivity contribution is 9.10. The molecule has 1 atom stereocenters. The summed E-state index contributed by atoms with van der Waals surface area (Å²) in [5.74, 6) is -0.149. The Balaban J connectivity index is 1.63. The highest BCUT2D eigenvalue weighted by Gasteiger charge is 2.42. The average Bonchev–Trinajstić information content (AvgIpc) is 3.39. The number of benzene rings is 1. The van der Waals surface area contributed by atoms with Crippen LogP contribution in [0, 0.1) is 5.92 Å². The van der Waals surface area contributed by atoms with Crippen molar-refractivity contribution < 1.29 is 14.4 Å². The summed E-state index contributed by atoms with van der Waals surface area (Å²) in [7, 11) is 0. The molecule has 7 heteroatoms. The molecule has 1 aromatic carbocycles. The normalized spacial score (nSPS) is 23.8. The molecule has 2 heterocycles. The molecule has 1 aromatic rings. The zero-order chi connectivity index (χ0) is 16.1. The number of anilines is 1. The molecule has 0 aromatic heterocycles. The second-order valence-electron chi connectivity index (χ2n) is 6.25. The third-order valence-corrected chi connectivity index (χ3v) is 5.15. The number of carbonyl (C=O) groups excluding carboxylic acids is 3. The minimum atomic E-state index is -0.620. The lowest BCUT2D eigenvalue weighted by atomic mass is 10.1. The number of nitrogens with zero attached hydrogens (tertiary/aromatic N) is 2. The summed E-state index contributed by atoms with van der Waals surface area (Å²) < 4.78 is 0.792. The van der Waals surface area contributed by atoms with Crippen LogP contribution in [-0.4, -0.2) is 53.2 Å². The Morgan fingerprint density at radius 3 is 2.74 bits per heavy atom. The molecule has 0 radical (unpaired) electrons. The van der Waals surface area contributed by atoms with Crippen molar-refractivity contribution in [2.24, 2.45) is 5.92 Å². The second-order valence-corrected chi connectivity index (χ2v) is 7.17. The Morgan fingerprint density at radius 2 is 2.00 bits per heavy atom. The van der Waals surface area contributed by atoms with Gasteiger partial charge in [0, 0.05) is 23.5 Å². The van der Waals surface area contributed by atoms with Crippen molar-refractivity contribution in [3.05, 3.63) is 28.2 Å². The van der Waals surface area contributed by atoms with E-state index >= 15 is 0 Å². The van der Waals surface area contributed by atoms with Gasteiger partial charge in [-0.1, -0.05) is 15.9 Å². The van der Waals surface area contributed by atoms with Crippen LogP contribution < -0.4 is 5.32 Å². The number of halogens is 1. The van der Waals surface area contributed by atoms with Gasteiger partial charge in [-0.15, -0.1) is 0 Å². The summed E-state index contributed by atoms with van der Waals surface area (Å²) >= 11 is 3.36. The van der Waals surface area contributed by atoms with Gasteiger partial charge in [-0.05, 0) is 31.0 Å². The van der Waals surface area contributed by atoms with Crippen molar-refractivity contribution in [1.29, 1.82) is 0 Å². The Morgan fingerprint density at radius 1 is 1.22 bits per heavy atom. The summed E-state index contributed by atoms with van der Waals surface area (Å²) in [6, 6.07) is 4.62. The van der Waals surface area contributed by atoms with Gasteiger partial charge in [0.25, 0.3) is 5.91 Å². The largest absolute Gasteiger partial charge is 0.338 e. The minimum absolute atomic E-state index is 0.120. The number of nitrogens with one attached hydrogen (secondary N) is 1. The molecule has 1 saturated heterocycles. The van der Waals surface area contributed by atoms with Gasteiger partial charge in [0.1, 0.15) is 6.04 Å². The highest BCUT2D eigenvalue weighted by atomic mass is 79.9. The number of fused-ring (bicyclic) bond motifs is 2. The molecular formula is C16H16BrN3O3. The van der Waals surface area contributed by atoms with Crippen molar-refractivity contribution in [2.45, 2.75) is 18.9 Å². The fourth-order valence-electron chi connectivity index (χ4n) is 3.21. The van der Waals surface area contributed by atoms with E-state index in [-0.39, 0.29) is 30.2 Å². The number of carbonyl (C=O) groups is 3. The van der Waals surface area contributed by atoms with E-state index in [1.165, 1.54) is 0 Å². The van der Waals surface area contributed by atoms with Gasteiger partial charge in [-0.3, -0.25) is 14.4 Å². The van der Waals surface area contributed by atoms with Crippen LogP contribution in [-0.2, 0) is 9.59 Å². The van der Waals surface area contributed by atoms with Crippen LogP contribution in [0.15, 0.2) is 22.7 Å². The molecule has 0 bridgehead atoms. The van der Waals surface area contributed by atoms with E-state index < -0.39 is 6.04 Å². The Kier molecular flexibility index (Phi) is 3.41. The number of rotatable bonds is 1. The van der Waals surface area contributed by atoms with Crippen molar-refractivity contribution in [1.82, 2.24) is 9.80 Å². The minimum Gasteiger partial charge on any atom is -0.338 e. The first kappa shape index (κ1) is 14.7. The third kappa shape index (κ3) is 2.52. The zero-order valence-electron chi connectivity index (χ0n) is 12.4. The van der Waals surface area contributed by atoms with Crippen LogP contribution in [0.3, 0.4) is 0 Å². The lowest BCUT2D eigenvalue weighted by Crippen LogP contribution is -2.59. The maximum atomic E-state index is 12.8. The van der Waals surface area contributed by atoms with E-state index in [1.54, 1.807) is 28.0 Å². The van der Waals surface area contributed by atoms with E-state index in [4.69, 9.17) is 0 Å². The van der Waals surface area contributed by atoms with E-state index in [9.17, 15) is 14.4 Å². The van der Waals surface area contributed by atoms with Crippen molar-refractivity contribution >= 4 is 39.3 Å². The van der Waals surface area contributed by atoms with Crippen molar-refractivity contribution in [2.75, 3.05) is 25.0 Å². The van der Waals surface area contributed by atoms with E-state index in [2.05, 4.69) is 21.2 Å². The monoisotopic (exact) mass is 377 g/mol. The van der Waals surface area contributed by atoms with E-state index in [0.29, 0.717) is 24.3 Å². The van der Waals surface area contributed by atoms with Crippen LogP contribution in [0.2, 0.25) is 0 Å². The van der Waals surface area contributed by atoms with Gasteiger partial charge >= 0.3 is 0 Å². The average molecular weight is 378 g/mol. The second kappa shape index (κ2) is 5.33. The molecule has 1 unspecified atom stereocenters. The lowest BCUT2D eigenvalue weighted by molar-refractivity contribution is -0.136. The fourth-order valence-corrected chi connectivity index (χ4v) is 3.57. The maximum absolute atomic E-state index is 12.8. The Bertz CT molecular complexity index is 717. The Labute approximate surface area is 141 Å². The summed E-state index contributed by atoms with van der Waals surface area (Å²) in [6.07, 6.45) is 1.88. The van der Waals surface area contributed by atoms with Crippen LogP contribution in [0.1, 0.15) is 23.2 Å². The van der Waals surface area contributed by atoms with Gasteiger partial charge in [-0.25, -0.2) is 0 Å². The molecule has 1 N–H and O–H groups in total. The Hall–Kier alpha value is -1.89. The molecule has 2 aliphatic heterocycles. The first-order valence-corrected chi connectivity index (χ1v) is 8.54. The molecule has 0 spiro atoms. The van der Waals surface area contributed by atoms with Gasteiger partial charge in [0.15, 0.2) is 0 Å². The first-order valence-electron chi connectivity index (χ1n) is 7.75. The van der Waals surface area contributed by atoms with Crippen LogP contribution in [0.25, 0.3) is 0 Å². The third-order valence-electron chi connectivity index (χ3n) is 4.65. The number of hydrogen-bond acceptors (Lipinski definition) is 3. The molecule has 3 aliphatic rings. The van der Waals surface area contributed by atoms with E-state index in [1.807, 2.05) is 0 Å². The van der Waals surface area contributed by atoms with E-state index in [0.717, 1.165) is 17.3 Å². The van der Waals surface area contributed by atoms with Crippen LogP contribution in [0.5, 0.6) is 0 Å². The summed E-state index contributed by atoms with van der Waals surface area (Å²) in [4.78, 5) is 40.9. The molecule has 23 heavy (non-hydrogen) atoms. The quantitative estimate of drug-likeness (QED) is 0.805. The van der Waals surface area contributed by atoms with Crippen LogP contribution >= 0.6 is 15.9 Å². The summed E-state index contributed by atoms with van der Waals surface area (Å²) in [5.41, 5.74) is 1.01. The number of amides is 3. The highest BCUT2D eigenvalue weighted by Crippen LogP contribution is 2.33. The molecule has 1 saturated carbocycles. The SMILES string of the molecule is O=C1Nc2ccc(Br)cc2C(=O)N2CCN(C(=O)C3CC3)CC12. The molecule has 3 amide bonds. The van der Waals surface area contributed by atoms with Gasteiger partial charge in [0.05, 0.1) is 17.8 Å². The summed E-state index contributed by atoms with van der Waals surface area (Å²) in [5, 5.41) is 2.82. The maximum Gasteiger partial charge on any atom is 0.256 e. The molecular weight excluding hydrogens is 362 g/mol. The van der Waals surface area contributed by atoms with Gasteiger partial charge < -0.3 is 15.1 Å². The number of hydrogen-bond donors (Lipinski definition) is 1. The van der Waals surface area contributed by atoms with Gasteiger partial charge in [0.2, 0.25) is 11.8 Å². The fraction of sp³-hybridized carbons (Fsp3) is 0.438. The predicted molar refractivity (Wildman–Crippen MR) is 86.9 cm³/mol. The molecule has 4 rings (SSSR count). The standard InChI is InChI=1S/C16H16BrN3O3/c17-10-3-4-12-11(7-10)16(23)20-6-5-19(15(22)9-1-2-9)8-13(20)14(21)18-12/h3-4,7,9,13H,1-2,5-6,8H2,(H,18,21). The van der Waals surface area contributed by atoms with Crippen LogP contribution in [0.4, 0.5) is 5.69 Å². The predicted octanol–water partition coefficient (Wildman–Crippen LogP) is 1.46.